The Hall–Kier alpha value is -4.87. The predicted octanol–water partition coefficient (Wildman–Crippen LogP) is 4.98. The number of ether oxygens (including phenoxy) is 5. The molecule has 4 aromatic rings. The molecule has 1 aliphatic rings. The Kier molecular flexibility index (Phi) is 10.8. The standard InChI is InChI=1S/C35H33ClN2O8S/c1-5-43-28-17-23(15-16-27(28)46-20-30(39)42-4)32-31(34(41)44-6-2)21(3)37-35-38(32)33(40)29(47-35)18-22-11-8-10-14-26(22)45-19-24-12-7-9-13-25(24)36/h7-18,32H,5-6,19-20H2,1-4H3/b29-18+/t32-/m1/s1. The highest BCUT2D eigenvalue weighted by molar-refractivity contribution is 7.07. The summed E-state index contributed by atoms with van der Waals surface area (Å²) in [4.78, 5) is 44.4. The van der Waals surface area contributed by atoms with E-state index < -0.39 is 18.0 Å². The van der Waals surface area contributed by atoms with Crippen LogP contribution in [0.5, 0.6) is 17.2 Å². The van der Waals surface area contributed by atoms with Crippen molar-refractivity contribution in [3.63, 3.8) is 0 Å². The van der Waals surface area contributed by atoms with Gasteiger partial charge in [-0.15, -0.1) is 0 Å². The van der Waals surface area contributed by atoms with Crippen LogP contribution in [0.15, 0.2) is 87.8 Å². The topological polar surface area (TPSA) is 115 Å². The third-order valence-corrected chi connectivity index (χ3v) is 8.57. The smallest absolute Gasteiger partial charge is 0.343 e. The maximum Gasteiger partial charge on any atom is 0.343 e. The second-order valence-corrected chi connectivity index (χ2v) is 11.6. The zero-order valence-corrected chi connectivity index (χ0v) is 27.9. The summed E-state index contributed by atoms with van der Waals surface area (Å²) >= 11 is 7.53. The molecule has 0 radical (unpaired) electrons. The number of methoxy groups -OCH3 is 1. The SMILES string of the molecule is CCOC(=O)C1=C(C)N=c2s/c(=C/c3ccccc3OCc3ccccc3Cl)c(=O)n2[C@@H]1c1ccc(OCC(=O)OC)c(OCC)c1. The fraction of sp³-hybridized carbons (Fsp3) is 0.257. The Morgan fingerprint density at radius 1 is 0.957 bits per heavy atom. The van der Waals surface area contributed by atoms with E-state index in [0.717, 1.165) is 5.56 Å². The highest BCUT2D eigenvalue weighted by Gasteiger charge is 2.34. The molecule has 1 aliphatic heterocycles. The highest BCUT2D eigenvalue weighted by Crippen LogP contribution is 2.36. The average molecular weight is 677 g/mol. The van der Waals surface area contributed by atoms with Crippen LogP contribution in [0, 0.1) is 0 Å². The summed E-state index contributed by atoms with van der Waals surface area (Å²) in [5.41, 5.74) is 2.38. The van der Waals surface area contributed by atoms with E-state index in [2.05, 4.69) is 9.73 Å². The first kappa shape index (κ1) is 33.5. The lowest BCUT2D eigenvalue weighted by molar-refractivity contribution is -0.143. The number of esters is 2. The number of carbonyl (C=O) groups is 2. The van der Waals surface area contributed by atoms with E-state index in [9.17, 15) is 14.4 Å². The number of nitrogens with zero attached hydrogens (tertiary/aromatic N) is 2. The van der Waals surface area contributed by atoms with Crippen LogP contribution in [-0.4, -0.2) is 43.4 Å². The summed E-state index contributed by atoms with van der Waals surface area (Å²) in [6.07, 6.45) is 1.75. The minimum atomic E-state index is -0.881. The summed E-state index contributed by atoms with van der Waals surface area (Å²) < 4.78 is 29.6. The number of fused-ring (bicyclic) bond motifs is 1. The van der Waals surface area contributed by atoms with Gasteiger partial charge in [0.15, 0.2) is 22.9 Å². The molecule has 0 unspecified atom stereocenters. The van der Waals surface area contributed by atoms with Crippen molar-refractivity contribution >= 4 is 41.0 Å². The normalized spacial score (nSPS) is 14.2. The monoisotopic (exact) mass is 676 g/mol. The van der Waals surface area contributed by atoms with Crippen LogP contribution in [0.1, 0.15) is 43.5 Å². The van der Waals surface area contributed by atoms with Gasteiger partial charge in [-0.2, -0.15) is 0 Å². The van der Waals surface area contributed by atoms with Crippen molar-refractivity contribution in [2.24, 2.45) is 4.99 Å². The maximum atomic E-state index is 14.2. The van der Waals surface area contributed by atoms with Gasteiger partial charge in [-0.25, -0.2) is 14.6 Å². The number of para-hydroxylation sites is 1. The van der Waals surface area contributed by atoms with Crippen molar-refractivity contribution in [1.82, 2.24) is 4.57 Å². The second kappa shape index (κ2) is 15.1. The van der Waals surface area contributed by atoms with Crippen LogP contribution in [0.2, 0.25) is 5.02 Å². The molecule has 3 aromatic carbocycles. The summed E-state index contributed by atoms with van der Waals surface area (Å²) in [6.45, 7) is 5.61. The van der Waals surface area contributed by atoms with Gasteiger partial charge in [0.25, 0.3) is 5.56 Å². The van der Waals surface area contributed by atoms with Gasteiger partial charge < -0.3 is 23.7 Å². The molecule has 0 bridgehead atoms. The highest BCUT2D eigenvalue weighted by atomic mass is 35.5. The average Bonchev–Trinajstić information content (AvgIpc) is 3.37. The van der Waals surface area contributed by atoms with Crippen molar-refractivity contribution in [1.29, 1.82) is 0 Å². The molecule has 10 nitrogen and oxygen atoms in total. The summed E-state index contributed by atoms with van der Waals surface area (Å²) in [5, 5.41) is 0.599. The zero-order chi connectivity index (χ0) is 33.5. The third-order valence-electron chi connectivity index (χ3n) is 7.22. The molecule has 0 fully saturated rings. The third kappa shape index (κ3) is 7.42. The van der Waals surface area contributed by atoms with E-state index in [0.29, 0.717) is 55.0 Å². The Morgan fingerprint density at radius 3 is 2.47 bits per heavy atom. The van der Waals surface area contributed by atoms with Crippen molar-refractivity contribution in [2.45, 2.75) is 33.4 Å². The number of carbonyl (C=O) groups excluding carboxylic acids is 2. The van der Waals surface area contributed by atoms with Crippen molar-refractivity contribution in [2.75, 3.05) is 26.9 Å². The number of thiazole rings is 1. The van der Waals surface area contributed by atoms with E-state index in [-0.39, 0.29) is 31.0 Å². The molecule has 47 heavy (non-hydrogen) atoms. The lowest BCUT2D eigenvalue weighted by Crippen LogP contribution is -2.40. The van der Waals surface area contributed by atoms with E-state index in [1.165, 1.54) is 23.0 Å². The number of allylic oxidation sites excluding steroid dienone is 1. The maximum absolute atomic E-state index is 14.2. The largest absolute Gasteiger partial charge is 0.490 e. The van der Waals surface area contributed by atoms with Crippen LogP contribution < -0.4 is 29.1 Å². The number of aromatic nitrogens is 1. The Morgan fingerprint density at radius 2 is 1.72 bits per heavy atom. The minimum Gasteiger partial charge on any atom is -0.490 e. The Balaban J connectivity index is 1.60. The van der Waals surface area contributed by atoms with E-state index in [4.69, 9.17) is 30.5 Å². The molecule has 12 heteroatoms. The molecule has 0 aliphatic carbocycles. The van der Waals surface area contributed by atoms with Crippen molar-refractivity contribution < 1.29 is 33.3 Å². The predicted molar refractivity (Wildman–Crippen MR) is 178 cm³/mol. The Bertz CT molecular complexity index is 2020. The molecule has 0 N–H and O–H groups in total. The lowest BCUT2D eigenvalue weighted by Gasteiger charge is -2.25. The van der Waals surface area contributed by atoms with E-state index in [1.54, 1.807) is 44.2 Å². The van der Waals surface area contributed by atoms with Gasteiger partial charge in [0, 0.05) is 16.1 Å². The van der Waals surface area contributed by atoms with Crippen LogP contribution in [0.25, 0.3) is 6.08 Å². The van der Waals surface area contributed by atoms with Crippen molar-refractivity contribution in [3.8, 4) is 17.2 Å². The first-order valence-corrected chi connectivity index (χ1v) is 16.1. The molecule has 0 saturated carbocycles. The number of hydrogen-bond donors (Lipinski definition) is 0. The van der Waals surface area contributed by atoms with E-state index in [1.807, 2.05) is 49.4 Å². The van der Waals surface area contributed by atoms with Crippen LogP contribution >= 0.6 is 22.9 Å². The molecule has 0 saturated heterocycles. The number of hydrogen-bond acceptors (Lipinski definition) is 10. The van der Waals surface area contributed by atoms with Gasteiger partial charge in [0.2, 0.25) is 0 Å². The van der Waals surface area contributed by atoms with Gasteiger partial charge in [-0.3, -0.25) is 9.36 Å². The molecule has 244 valence electrons. The lowest BCUT2D eigenvalue weighted by atomic mass is 9.95. The summed E-state index contributed by atoms with van der Waals surface area (Å²) in [5.74, 6) is 0.0683. The zero-order valence-electron chi connectivity index (χ0n) is 26.3. The van der Waals surface area contributed by atoms with Crippen LogP contribution in [0.3, 0.4) is 0 Å². The fourth-order valence-electron chi connectivity index (χ4n) is 5.03. The van der Waals surface area contributed by atoms with Gasteiger partial charge in [-0.1, -0.05) is 65.4 Å². The van der Waals surface area contributed by atoms with Gasteiger partial charge >= 0.3 is 11.9 Å². The molecule has 5 rings (SSSR count). The summed E-state index contributed by atoms with van der Waals surface area (Å²) in [6, 6.07) is 19.0. The number of halogens is 1. The quantitative estimate of drug-likeness (QED) is 0.193. The van der Waals surface area contributed by atoms with Crippen molar-refractivity contribution in [3.05, 3.63) is 119 Å². The minimum absolute atomic E-state index is 0.141. The molecule has 1 aromatic heterocycles. The first-order valence-electron chi connectivity index (χ1n) is 14.9. The fourth-order valence-corrected chi connectivity index (χ4v) is 6.26. The van der Waals surface area contributed by atoms with Gasteiger partial charge in [0.05, 0.1) is 42.2 Å². The van der Waals surface area contributed by atoms with Gasteiger partial charge in [-0.05, 0) is 56.7 Å². The second-order valence-electron chi connectivity index (χ2n) is 10.2. The molecular formula is C35H33ClN2O8S. The first-order chi connectivity index (χ1) is 22.7. The number of benzene rings is 3. The molecule has 0 spiro atoms. The number of rotatable bonds is 12. The molecule has 2 heterocycles. The summed E-state index contributed by atoms with van der Waals surface area (Å²) in [7, 11) is 1.27. The molecule has 1 atom stereocenters. The molecule has 0 amide bonds. The van der Waals surface area contributed by atoms with E-state index >= 15 is 0 Å². The van der Waals surface area contributed by atoms with Crippen LogP contribution in [-0.2, 0) is 25.7 Å². The Labute approximate surface area is 280 Å². The molecular weight excluding hydrogens is 644 g/mol. The van der Waals surface area contributed by atoms with Gasteiger partial charge in [0.1, 0.15) is 12.4 Å². The van der Waals surface area contributed by atoms with Crippen LogP contribution in [0.4, 0.5) is 0 Å².